The molecule has 1 aliphatic heterocycles. The van der Waals surface area contributed by atoms with Crippen LogP contribution in [0.2, 0.25) is 0 Å². The minimum atomic E-state index is 0.309. The zero-order valence-corrected chi connectivity index (χ0v) is 11.4. The van der Waals surface area contributed by atoms with Gasteiger partial charge >= 0.3 is 0 Å². The summed E-state index contributed by atoms with van der Waals surface area (Å²) in [7, 11) is 0. The number of hydrogen-bond acceptors (Lipinski definition) is 4. The first-order valence-corrected chi connectivity index (χ1v) is 6.81. The maximum Gasteiger partial charge on any atom is 0.0722 e. The Bertz CT molecular complexity index is 370. The molecule has 1 aromatic rings. The molecule has 4 nitrogen and oxygen atoms in total. The largest absolute Gasteiger partial charge is 0.375 e. The van der Waals surface area contributed by atoms with Crippen LogP contribution >= 0.6 is 0 Å². The molecule has 0 aromatic carbocycles. The van der Waals surface area contributed by atoms with Crippen LogP contribution < -0.4 is 10.2 Å². The highest BCUT2D eigenvalue weighted by molar-refractivity contribution is 5.52. The van der Waals surface area contributed by atoms with E-state index in [1.165, 1.54) is 11.3 Å². The predicted molar refractivity (Wildman–Crippen MR) is 73.9 cm³/mol. The zero-order valence-electron chi connectivity index (χ0n) is 11.4. The fourth-order valence-electron chi connectivity index (χ4n) is 2.30. The predicted octanol–water partition coefficient (Wildman–Crippen LogP) is 1.81. The lowest BCUT2D eigenvalue weighted by Gasteiger charge is -2.34. The van der Waals surface area contributed by atoms with Crippen molar-refractivity contribution in [2.75, 3.05) is 31.1 Å². The van der Waals surface area contributed by atoms with Gasteiger partial charge in [0.2, 0.25) is 0 Å². The highest BCUT2D eigenvalue weighted by Gasteiger charge is 2.18. The summed E-state index contributed by atoms with van der Waals surface area (Å²) in [6, 6.07) is 2.11. The van der Waals surface area contributed by atoms with Crippen molar-refractivity contribution in [1.29, 1.82) is 0 Å². The van der Waals surface area contributed by atoms with Gasteiger partial charge in [0.1, 0.15) is 0 Å². The number of anilines is 1. The van der Waals surface area contributed by atoms with Crippen molar-refractivity contribution in [3.05, 3.63) is 24.0 Å². The molecule has 100 valence electrons. The molecule has 1 atom stereocenters. The lowest BCUT2D eigenvalue weighted by atomic mass is 10.2. The van der Waals surface area contributed by atoms with Crippen LogP contribution in [0, 0.1) is 0 Å². The van der Waals surface area contributed by atoms with Gasteiger partial charge < -0.3 is 15.0 Å². The average molecular weight is 249 g/mol. The Morgan fingerprint density at radius 3 is 3.22 bits per heavy atom. The molecule has 1 N–H and O–H groups in total. The van der Waals surface area contributed by atoms with Crippen molar-refractivity contribution in [2.24, 2.45) is 0 Å². The molecule has 0 aliphatic carbocycles. The van der Waals surface area contributed by atoms with Crippen LogP contribution in [-0.2, 0) is 11.3 Å². The van der Waals surface area contributed by atoms with E-state index in [1.54, 1.807) is 0 Å². The van der Waals surface area contributed by atoms with Gasteiger partial charge in [0.05, 0.1) is 12.7 Å². The van der Waals surface area contributed by atoms with E-state index in [9.17, 15) is 0 Å². The molecular weight excluding hydrogens is 226 g/mol. The first-order chi connectivity index (χ1) is 8.81. The van der Waals surface area contributed by atoms with Gasteiger partial charge in [0.15, 0.2) is 0 Å². The Balaban J connectivity index is 2.06. The van der Waals surface area contributed by atoms with E-state index in [1.807, 2.05) is 12.4 Å². The quantitative estimate of drug-likeness (QED) is 0.808. The third kappa shape index (κ3) is 3.43. The van der Waals surface area contributed by atoms with E-state index in [0.29, 0.717) is 6.10 Å². The molecule has 2 rings (SSSR count). The topological polar surface area (TPSA) is 37.4 Å². The summed E-state index contributed by atoms with van der Waals surface area (Å²) in [6.45, 7) is 8.99. The number of aromatic nitrogens is 1. The molecule has 2 heterocycles. The zero-order chi connectivity index (χ0) is 12.8. The molecule has 1 fully saturated rings. The molecule has 18 heavy (non-hydrogen) atoms. The van der Waals surface area contributed by atoms with Crippen molar-refractivity contribution in [3.8, 4) is 0 Å². The number of morpholine rings is 1. The Kier molecular flexibility index (Phi) is 4.96. The van der Waals surface area contributed by atoms with Crippen molar-refractivity contribution in [1.82, 2.24) is 10.3 Å². The standard InChI is InChI=1S/C14H23N3O/c1-3-5-15-9-13-10-16-6-4-14(13)17-7-8-18-12(2)11-17/h4,6,10,12,15H,3,5,7-9,11H2,1-2H3. The van der Waals surface area contributed by atoms with Crippen LogP contribution in [0.3, 0.4) is 0 Å². The molecule has 1 saturated heterocycles. The normalized spacial score (nSPS) is 20.1. The van der Waals surface area contributed by atoms with Crippen LogP contribution in [-0.4, -0.2) is 37.3 Å². The Hall–Kier alpha value is -1.13. The molecule has 0 spiro atoms. The van der Waals surface area contributed by atoms with Crippen molar-refractivity contribution in [3.63, 3.8) is 0 Å². The first-order valence-electron chi connectivity index (χ1n) is 6.81. The summed E-state index contributed by atoms with van der Waals surface area (Å²) in [6.07, 6.45) is 5.31. The summed E-state index contributed by atoms with van der Waals surface area (Å²) in [5, 5.41) is 3.44. The molecule has 4 heteroatoms. The second kappa shape index (κ2) is 6.71. The summed E-state index contributed by atoms with van der Waals surface area (Å²) in [4.78, 5) is 6.64. The van der Waals surface area contributed by atoms with E-state index in [2.05, 4.69) is 35.1 Å². The van der Waals surface area contributed by atoms with Crippen molar-refractivity contribution >= 4 is 5.69 Å². The molecule has 0 bridgehead atoms. The van der Waals surface area contributed by atoms with Gasteiger partial charge in [-0.25, -0.2) is 0 Å². The molecular formula is C14H23N3O. The number of nitrogens with zero attached hydrogens (tertiary/aromatic N) is 2. The van der Waals surface area contributed by atoms with Gasteiger partial charge in [0.25, 0.3) is 0 Å². The van der Waals surface area contributed by atoms with E-state index in [0.717, 1.165) is 39.2 Å². The smallest absolute Gasteiger partial charge is 0.0722 e. The number of ether oxygens (including phenoxy) is 1. The van der Waals surface area contributed by atoms with Gasteiger partial charge in [-0.05, 0) is 26.0 Å². The van der Waals surface area contributed by atoms with Gasteiger partial charge in [-0.1, -0.05) is 6.92 Å². The SMILES string of the molecule is CCCNCc1cnccc1N1CCOC(C)C1. The lowest BCUT2D eigenvalue weighted by Crippen LogP contribution is -2.41. The van der Waals surface area contributed by atoms with Crippen LogP contribution in [0.4, 0.5) is 5.69 Å². The molecule has 0 amide bonds. The monoisotopic (exact) mass is 249 g/mol. The third-order valence-electron chi connectivity index (χ3n) is 3.20. The first kappa shape index (κ1) is 13.3. The van der Waals surface area contributed by atoms with Crippen molar-refractivity contribution < 1.29 is 4.74 Å². The summed E-state index contributed by atoms with van der Waals surface area (Å²) in [5.41, 5.74) is 2.57. The summed E-state index contributed by atoms with van der Waals surface area (Å²) >= 11 is 0. The minimum absolute atomic E-state index is 0.309. The third-order valence-corrected chi connectivity index (χ3v) is 3.20. The fraction of sp³-hybridized carbons (Fsp3) is 0.643. The highest BCUT2D eigenvalue weighted by atomic mass is 16.5. The molecule has 0 saturated carbocycles. The Morgan fingerprint density at radius 2 is 2.44 bits per heavy atom. The molecule has 0 radical (unpaired) electrons. The van der Waals surface area contributed by atoms with Gasteiger partial charge in [0, 0.05) is 43.3 Å². The second-order valence-electron chi connectivity index (χ2n) is 4.81. The number of nitrogens with one attached hydrogen (secondary N) is 1. The van der Waals surface area contributed by atoms with Gasteiger partial charge in [-0.2, -0.15) is 0 Å². The number of rotatable bonds is 5. The minimum Gasteiger partial charge on any atom is -0.375 e. The molecule has 1 aliphatic rings. The van der Waals surface area contributed by atoms with Crippen LogP contribution in [0.25, 0.3) is 0 Å². The lowest BCUT2D eigenvalue weighted by molar-refractivity contribution is 0.0531. The summed E-state index contributed by atoms with van der Waals surface area (Å²) in [5.74, 6) is 0. The van der Waals surface area contributed by atoms with E-state index in [-0.39, 0.29) is 0 Å². The molecule has 1 unspecified atom stereocenters. The second-order valence-corrected chi connectivity index (χ2v) is 4.81. The summed E-state index contributed by atoms with van der Waals surface area (Å²) < 4.78 is 5.60. The van der Waals surface area contributed by atoms with E-state index < -0.39 is 0 Å². The van der Waals surface area contributed by atoms with Gasteiger partial charge in [-0.3, -0.25) is 4.98 Å². The maximum absolute atomic E-state index is 5.60. The van der Waals surface area contributed by atoms with Gasteiger partial charge in [-0.15, -0.1) is 0 Å². The number of pyridine rings is 1. The van der Waals surface area contributed by atoms with Crippen LogP contribution in [0.15, 0.2) is 18.5 Å². The Labute approximate surface area is 109 Å². The van der Waals surface area contributed by atoms with Crippen LogP contribution in [0.5, 0.6) is 0 Å². The van der Waals surface area contributed by atoms with E-state index in [4.69, 9.17) is 4.74 Å². The van der Waals surface area contributed by atoms with E-state index >= 15 is 0 Å². The molecule has 1 aromatic heterocycles. The Morgan fingerprint density at radius 1 is 1.56 bits per heavy atom. The fourth-order valence-corrected chi connectivity index (χ4v) is 2.30. The maximum atomic E-state index is 5.60. The van der Waals surface area contributed by atoms with Crippen molar-refractivity contribution in [2.45, 2.75) is 32.9 Å². The number of hydrogen-bond donors (Lipinski definition) is 1. The van der Waals surface area contributed by atoms with Crippen LogP contribution in [0.1, 0.15) is 25.8 Å². The highest BCUT2D eigenvalue weighted by Crippen LogP contribution is 2.21. The average Bonchev–Trinajstić information content (AvgIpc) is 2.40.